The van der Waals surface area contributed by atoms with Crippen molar-refractivity contribution in [2.75, 3.05) is 14.2 Å². The Labute approximate surface area is 208 Å². The van der Waals surface area contributed by atoms with Gasteiger partial charge in [0.25, 0.3) is 0 Å². The number of aromatic hydroxyl groups is 2. The van der Waals surface area contributed by atoms with E-state index in [1.165, 1.54) is 38.5 Å². The van der Waals surface area contributed by atoms with Gasteiger partial charge in [-0.1, -0.05) is 36.4 Å². The summed E-state index contributed by atoms with van der Waals surface area (Å²) in [5.41, 5.74) is 2.91. The molecule has 8 nitrogen and oxygen atoms in total. The van der Waals surface area contributed by atoms with Gasteiger partial charge in [-0.2, -0.15) is 0 Å². The highest BCUT2D eigenvalue weighted by Gasteiger charge is 2.05. The zero-order valence-electron chi connectivity index (χ0n) is 19.8. The lowest BCUT2D eigenvalue weighted by molar-refractivity contribution is -0.139. The fourth-order valence-electron chi connectivity index (χ4n) is 3.06. The van der Waals surface area contributed by atoms with E-state index in [9.17, 15) is 19.8 Å². The third-order valence-electron chi connectivity index (χ3n) is 5.02. The molecule has 0 aliphatic heterocycles. The van der Waals surface area contributed by atoms with Crippen molar-refractivity contribution in [1.29, 1.82) is 0 Å². The molecule has 0 spiro atoms. The molecule has 0 radical (unpaired) electrons. The summed E-state index contributed by atoms with van der Waals surface area (Å²) in [7, 11) is 2.89. The molecule has 0 amide bonds. The third-order valence-corrected chi connectivity index (χ3v) is 5.02. The van der Waals surface area contributed by atoms with Crippen LogP contribution >= 0.6 is 0 Å². The van der Waals surface area contributed by atoms with Crippen LogP contribution in [-0.4, -0.2) is 36.4 Å². The predicted octanol–water partition coefficient (Wildman–Crippen LogP) is 4.63. The van der Waals surface area contributed by atoms with E-state index in [-0.39, 0.29) is 24.7 Å². The fourth-order valence-corrected chi connectivity index (χ4v) is 3.06. The number of ether oxygens (including phenoxy) is 4. The molecule has 0 aromatic heterocycles. The minimum absolute atomic E-state index is 0.0158. The van der Waals surface area contributed by atoms with Crippen LogP contribution in [0.15, 0.2) is 72.8 Å². The maximum atomic E-state index is 12.0. The minimum Gasteiger partial charge on any atom is -0.504 e. The second-order valence-electron chi connectivity index (χ2n) is 7.56. The molecule has 3 aromatic carbocycles. The topological polar surface area (TPSA) is 112 Å². The van der Waals surface area contributed by atoms with Gasteiger partial charge in [-0.25, -0.2) is 9.59 Å². The van der Waals surface area contributed by atoms with Crippen LogP contribution in [0.1, 0.15) is 22.3 Å². The molecule has 0 heterocycles. The van der Waals surface area contributed by atoms with Gasteiger partial charge in [0.2, 0.25) is 0 Å². The van der Waals surface area contributed by atoms with Crippen LogP contribution in [0.2, 0.25) is 0 Å². The van der Waals surface area contributed by atoms with Gasteiger partial charge in [-0.3, -0.25) is 0 Å². The molecule has 3 rings (SSSR count). The normalized spacial score (nSPS) is 10.9. The summed E-state index contributed by atoms with van der Waals surface area (Å²) in [5, 5.41) is 19.2. The first-order valence-electron chi connectivity index (χ1n) is 10.9. The number of methoxy groups -OCH3 is 2. The zero-order chi connectivity index (χ0) is 25.9. The summed E-state index contributed by atoms with van der Waals surface area (Å²) in [6.45, 7) is 0.169. The molecule has 8 heteroatoms. The number of carbonyl (C=O) groups is 2. The van der Waals surface area contributed by atoms with Gasteiger partial charge < -0.3 is 29.2 Å². The number of phenols is 2. The lowest BCUT2D eigenvalue weighted by atomic mass is 10.1. The molecule has 0 unspecified atom stereocenters. The van der Waals surface area contributed by atoms with Gasteiger partial charge in [0.05, 0.1) is 14.2 Å². The highest BCUT2D eigenvalue weighted by Crippen LogP contribution is 2.27. The first-order chi connectivity index (χ1) is 17.4. The largest absolute Gasteiger partial charge is 0.504 e. The number of hydrogen-bond donors (Lipinski definition) is 2. The van der Waals surface area contributed by atoms with Crippen molar-refractivity contribution < 1.29 is 38.7 Å². The molecular weight excluding hydrogens is 464 g/mol. The Morgan fingerprint density at radius 1 is 0.667 bits per heavy atom. The van der Waals surface area contributed by atoms with Crippen LogP contribution < -0.4 is 9.47 Å². The van der Waals surface area contributed by atoms with Gasteiger partial charge in [-0.15, -0.1) is 0 Å². The lowest BCUT2D eigenvalue weighted by Crippen LogP contribution is -2.02. The van der Waals surface area contributed by atoms with Gasteiger partial charge in [0, 0.05) is 12.2 Å². The third kappa shape index (κ3) is 7.66. The average Bonchev–Trinajstić information content (AvgIpc) is 2.90. The zero-order valence-corrected chi connectivity index (χ0v) is 19.8. The van der Waals surface area contributed by atoms with E-state index >= 15 is 0 Å². The number of esters is 2. The highest BCUT2D eigenvalue weighted by atomic mass is 16.5. The molecule has 0 saturated carbocycles. The van der Waals surface area contributed by atoms with Gasteiger partial charge in [0.1, 0.15) is 13.2 Å². The SMILES string of the molecule is COc1cc(/C=C/C(=O)OCc2ccc(COC(=O)/C=C/c3ccc(O)c(OC)c3)cc2)ccc1O. The number of carbonyl (C=O) groups excluding carboxylic acids is 2. The number of benzene rings is 3. The molecule has 0 saturated heterocycles. The molecule has 36 heavy (non-hydrogen) atoms. The van der Waals surface area contributed by atoms with E-state index in [2.05, 4.69) is 0 Å². The van der Waals surface area contributed by atoms with E-state index in [0.717, 1.165) is 11.1 Å². The Morgan fingerprint density at radius 3 is 1.42 bits per heavy atom. The number of hydrogen-bond acceptors (Lipinski definition) is 8. The van der Waals surface area contributed by atoms with Crippen LogP contribution in [0.3, 0.4) is 0 Å². The summed E-state index contributed by atoms with van der Waals surface area (Å²) >= 11 is 0. The fraction of sp³-hybridized carbons (Fsp3) is 0.143. The standard InChI is InChI=1S/C28H26O8/c1-33-25-15-19(7-11-23(25)29)9-13-27(31)35-17-21-3-5-22(6-4-21)18-36-28(32)14-10-20-8-12-24(30)26(16-20)34-2/h3-16,29-30H,17-18H2,1-2H3/b13-9+,14-10+. The Hall–Kier alpha value is -4.72. The Morgan fingerprint density at radius 2 is 1.06 bits per heavy atom. The van der Waals surface area contributed by atoms with E-state index < -0.39 is 11.9 Å². The van der Waals surface area contributed by atoms with Crippen LogP contribution in [0.5, 0.6) is 23.0 Å². The Balaban J connectivity index is 1.44. The second kappa shape index (κ2) is 12.7. The summed E-state index contributed by atoms with van der Waals surface area (Å²) in [6, 6.07) is 16.6. The van der Waals surface area contributed by atoms with E-state index in [4.69, 9.17) is 18.9 Å². The molecule has 0 aliphatic rings. The maximum Gasteiger partial charge on any atom is 0.331 e. The molecule has 3 aromatic rings. The lowest BCUT2D eigenvalue weighted by Gasteiger charge is -2.06. The van der Waals surface area contributed by atoms with Crippen molar-refractivity contribution in [2.45, 2.75) is 13.2 Å². The monoisotopic (exact) mass is 490 g/mol. The molecule has 2 N–H and O–H groups in total. The Bertz CT molecular complexity index is 1160. The van der Waals surface area contributed by atoms with Gasteiger partial charge in [-0.05, 0) is 58.7 Å². The first kappa shape index (κ1) is 25.9. The van der Waals surface area contributed by atoms with Crippen molar-refractivity contribution >= 4 is 24.1 Å². The van der Waals surface area contributed by atoms with Crippen molar-refractivity contribution in [3.8, 4) is 23.0 Å². The summed E-state index contributed by atoms with van der Waals surface area (Å²) < 4.78 is 20.6. The second-order valence-corrected chi connectivity index (χ2v) is 7.56. The molecule has 0 fully saturated rings. The van der Waals surface area contributed by atoms with E-state index in [1.54, 1.807) is 60.7 Å². The molecule has 0 atom stereocenters. The van der Waals surface area contributed by atoms with Crippen molar-refractivity contribution in [2.24, 2.45) is 0 Å². The average molecular weight is 491 g/mol. The minimum atomic E-state index is -0.516. The predicted molar refractivity (Wildman–Crippen MR) is 133 cm³/mol. The van der Waals surface area contributed by atoms with E-state index in [0.29, 0.717) is 22.6 Å². The van der Waals surface area contributed by atoms with Crippen LogP contribution in [0.25, 0.3) is 12.2 Å². The van der Waals surface area contributed by atoms with Crippen LogP contribution in [-0.2, 0) is 32.3 Å². The maximum absolute atomic E-state index is 12.0. The van der Waals surface area contributed by atoms with Crippen LogP contribution in [0, 0.1) is 0 Å². The van der Waals surface area contributed by atoms with Crippen LogP contribution in [0.4, 0.5) is 0 Å². The summed E-state index contributed by atoms with van der Waals surface area (Å²) in [4.78, 5) is 24.0. The van der Waals surface area contributed by atoms with Gasteiger partial charge in [0.15, 0.2) is 23.0 Å². The highest BCUT2D eigenvalue weighted by molar-refractivity contribution is 5.87. The molecule has 186 valence electrons. The molecule has 0 aliphatic carbocycles. The van der Waals surface area contributed by atoms with Crippen molar-refractivity contribution in [3.63, 3.8) is 0 Å². The summed E-state index contributed by atoms with van der Waals surface area (Å²) in [6.07, 6.45) is 5.71. The quantitative estimate of drug-likeness (QED) is 0.313. The van der Waals surface area contributed by atoms with Crippen molar-refractivity contribution in [1.82, 2.24) is 0 Å². The first-order valence-corrected chi connectivity index (χ1v) is 10.9. The number of phenolic OH excluding ortho intramolecular Hbond substituents is 2. The Kier molecular flexibility index (Phi) is 9.11. The molecule has 0 bridgehead atoms. The summed E-state index contributed by atoms with van der Waals surface area (Å²) in [5.74, 6) is -0.379. The molecular formula is C28H26O8. The van der Waals surface area contributed by atoms with Crippen molar-refractivity contribution in [3.05, 3.63) is 95.1 Å². The number of rotatable bonds is 10. The van der Waals surface area contributed by atoms with Gasteiger partial charge >= 0.3 is 11.9 Å². The smallest absolute Gasteiger partial charge is 0.331 e. The van der Waals surface area contributed by atoms with E-state index in [1.807, 2.05) is 0 Å².